The standard InChI is InChI=1S/C51H31N3/c1-2-12-37(13-3-1)51-53-46-17-9-8-16-42(46)49(54-51)35-21-23-36(24-22-35)50-43-28-26-33-11-5-7-15-41(33)48(43)45-31-39(27-29-47(45)52-50)38-25-20-34-19-18-32-10-4-6-14-40(32)44(34)30-38/h1-31H. The molecule has 0 unspecified atom stereocenters. The molecule has 0 fully saturated rings. The van der Waals surface area contributed by atoms with Crippen LogP contribution in [0.4, 0.5) is 0 Å². The average Bonchev–Trinajstić information content (AvgIpc) is 3.25. The van der Waals surface area contributed by atoms with E-state index in [9.17, 15) is 0 Å². The molecule has 0 saturated heterocycles. The Labute approximate surface area is 311 Å². The third kappa shape index (κ3) is 4.94. The lowest BCUT2D eigenvalue weighted by atomic mass is 9.92. The second-order valence-corrected chi connectivity index (χ2v) is 14.0. The topological polar surface area (TPSA) is 38.7 Å². The molecule has 11 aromatic rings. The van der Waals surface area contributed by atoms with Crippen molar-refractivity contribution in [3.63, 3.8) is 0 Å². The zero-order valence-corrected chi connectivity index (χ0v) is 29.2. The van der Waals surface area contributed by atoms with Gasteiger partial charge in [-0.1, -0.05) is 164 Å². The van der Waals surface area contributed by atoms with E-state index in [0.717, 1.165) is 61.1 Å². The molecule has 0 aliphatic heterocycles. The van der Waals surface area contributed by atoms with Crippen LogP contribution in [0.5, 0.6) is 0 Å². The van der Waals surface area contributed by atoms with Crippen molar-refractivity contribution >= 4 is 64.9 Å². The van der Waals surface area contributed by atoms with Gasteiger partial charge in [-0.2, -0.15) is 0 Å². The van der Waals surface area contributed by atoms with Gasteiger partial charge >= 0.3 is 0 Å². The number of pyridine rings is 1. The van der Waals surface area contributed by atoms with Crippen molar-refractivity contribution in [2.24, 2.45) is 0 Å². The molecule has 0 saturated carbocycles. The number of hydrogen-bond donors (Lipinski definition) is 0. The molecule has 0 aliphatic carbocycles. The van der Waals surface area contributed by atoms with Gasteiger partial charge in [0.15, 0.2) is 5.82 Å². The lowest BCUT2D eigenvalue weighted by Gasteiger charge is -2.15. The summed E-state index contributed by atoms with van der Waals surface area (Å²) in [4.78, 5) is 15.4. The number of rotatable bonds is 4. The van der Waals surface area contributed by atoms with Crippen LogP contribution in [0.25, 0.3) is 110 Å². The Balaban J connectivity index is 1.08. The van der Waals surface area contributed by atoms with Crippen LogP contribution < -0.4 is 0 Å². The molecule has 0 amide bonds. The number of para-hydroxylation sites is 1. The second-order valence-electron chi connectivity index (χ2n) is 14.0. The molecule has 0 bridgehead atoms. The zero-order chi connectivity index (χ0) is 35.6. The van der Waals surface area contributed by atoms with Crippen molar-refractivity contribution in [2.45, 2.75) is 0 Å². The maximum absolute atomic E-state index is 5.39. The van der Waals surface area contributed by atoms with Crippen LogP contribution in [0, 0.1) is 0 Å². The fourth-order valence-corrected chi connectivity index (χ4v) is 8.15. The van der Waals surface area contributed by atoms with E-state index in [4.69, 9.17) is 15.0 Å². The third-order valence-corrected chi connectivity index (χ3v) is 10.8. The Bertz CT molecular complexity index is 3260. The highest BCUT2D eigenvalue weighted by molar-refractivity contribution is 6.23. The first kappa shape index (κ1) is 30.4. The van der Waals surface area contributed by atoms with Crippen LogP contribution >= 0.6 is 0 Å². The SMILES string of the molecule is c1ccc(-c2nc(-c3ccc(-c4nc5ccc(-c6ccc7ccc8ccccc8c7c6)cc5c5c4ccc4ccccc45)cc3)c3ccccc3n2)cc1. The monoisotopic (exact) mass is 685 g/mol. The highest BCUT2D eigenvalue weighted by Gasteiger charge is 2.16. The van der Waals surface area contributed by atoms with Crippen molar-refractivity contribution in [1.29, 1.82) is 0 Å². The van der Waals surface area contributed by atoms with Crippen molar-refractivity contribution < 1.29 is 0 Å². The van der Waals surface area contributed by atoms with Gasteiger partial charge in [-0.25, -0.2) is 15.0 Å². The Kier molecular flexibility index (Phi) is 6.86. The molecular formula is C51H31N3. The van der Waals surface area contributed by atoms with Crippen LogP contribution in [0.15, 0.2) is 188 Å². The maximum Gasteiger partial charge on any atom is 0.160 e. The van der Waals surface area contributed by atoms with E-state index in [2.05, 4.69) is 164 Å². The van der Waals surface area contributed by atoms with Gasteiger partial charge < -0.3 is 0 Å². The molecule has 0 aliphatic rings. The van der Waals surface area contributed by atoms with Crippen LogP contribution in [0.1, 0.15) is 0 Å². The van der Waals surface area contributed by atoms with Crippen molar-refractivity contribution in [1.82, 2.24) is 15.0 Å². The molecule has 9 aromatic carbocycles. The van der Waals surface area contributed by atoms with Gasteiger partial charge in [-0.3, -0.25) is 0 Å². The van der Waals surface area contributed by atoms with Gasteiger partial charge in [0.25, 0.3) is 0 Å². The summed E-state index contributed by atoms with van der Waals surface area (Å²) in [6, 6.07) is 66.9. The Morgan fingerprint density at radius 3 is 1.56 bits per heavy atom. The molecule has 0 radical (unpaired) electrons. The smallest absolute Gasteiger partial charge is 0.160 e. The molecule has 0 spiro atoms. The van der Waals surface area contributed by atoms with E-state index < -0.39 is 0 Å². The molecule has 2 aromatic heterocycles. The lowest BCUT2D eigenvalue weighted by molar-refractivity contribution is 1.23. The fraction of sp³-hybridized carbons (Fsp3) is 0. The minimum Gasteiger partial charge on any atom is -0.247 e. The summed E-state index contributed by atoms with van der Waals surface area (Å²) in [6.07, 6.45) is 0. The number of hydrogen-bond acceptors (Lipinski definition) is 3. The zero-order valence-electron chi connectivity index (χ0n) is 29.2. The molecule has 0 N–H and O–H groups in total. The summed E-state index contributed by atoms with van der Waals surface area (Å²) in [5, 5.41) is 12.0. The summed E-state index contributed by atoms with van der Waals surface area (Å²) in [6.45, 7) is 0. The predicted octanol–water partition coefficient (Wildman–Crippen LogP) is 13.5. The van der Waals surface area contributed by atoms with E-state index in [1.54, 1.807) is 0 Å². The quantitative estimate of drug-likeness (QED) is 0.173. The third-order valence-electron chi connectivity index (χ3n) is 10.8. The van der Waals surface area contributed by atoms with Crippen molar-refractivity contribution in [3.05, 3.63) is 188 Å². The van der Waals surface area contributed by atoms with E-state index >= 15 is 0 Å². The minimum atomic E-state index is 0.721. The van der Waals surface area contributed by atoms with E-state index in [0.29, 0.717) is 0 Å². The van der Waals surface area contributed by atoms with Crippen molar-refractivity contribution in [2.75, 3.05) is 0 Å². The molecule has 0 atom stereocenters. The molecule has 54 heavy (non-hydrogen) atoms. The second kappa shape index (κ2) is 12.2. The highest BCUT2D eigenvalue weighted by atomic mass is 14.9. The average molecular weight is 686 g/mol. The van der Waals surface area contributed by atoms with Gasteiger partial charge in [-0.05, 0) is 67.7 Å². The molecule has 3 heteroatoms. The van der Waals surface area contributed by atoms with E-state index in [-0.39, 0.29) is 0 Å². The van der Waals surface area contributed by atoms with E-state index in [1.165, 1.54) is 48.8 Å². The van der Waals surface area contributed by atoms with Crippen LogP contribution in [-0.4, -0.2) is 15.0 Å². The first-order valence-electron chi connectivity index (χ1n) is 18.4. The molecule has 3 nitrogen and oxygen atoms in total. The number of nitrogens with zero attached hydrogens (tertiary/aromatic N) is 3. The molecular weight excluding hydrogens is 655 g/mol. The van der Waals surface area contributed by atoms with E-state index in [1.807, 2.05) is 24.3 Å². The normalized spacial score (nSPS) is 11.7. The van der Waals surface area contributed by atoms with Crippen molar-refractivity contribution in [3.8, 4) is 45.0 Å². The first-order chi connectivity index (χ1) is 26.7. The number of benzene rings is 9. The van der Waals surface area contributed by atoms with Crippen LogP contribution in [-0.2, 0) is 0 Å². The Morgan fingerprint density at radius 2 is 0.778 bits per heavy atom. The van der Waals surface area contributed by atoms with Gasteiger partial charge in [0.2, 0.25) is 0 Å². The van der Waals surface area contributed by atoms with Gasteiger partial charge in [0, 0.05) is 38.2 Å². The maximum atomic E-state index is 5.39. The first-order valence-corrected chi connectivity index (χ1v) is 18.4. The Morgan fingerprint density at radius 1 is 0.259 bits per heavy atom. The van der Waals surface area contributed by atoms with Gasteiger partial charge in [0.1, 0.15) is 0 Å². The highest BCUT2D eigenvalue weighted by Crippen LogP contribution is 2.40. The minimum absolute atomic E-state index is 0.721. The van der Waals surface area contributed by atoms with Gasteiger partial charge in [0.05, 0.1) is 22.4 Å². The molecule has 2 heterocycles. The summed E-state index contributed by atoms with van der Waals surface area (Å²) in [7, 11) is 0. The number of fused-ring (bicyclic) bond motifs is 9. The van der Waals surface area contributed by atoms with Gasteiger partial charge in [-0.15, -0.1) is 0 Å². The summed E-state index contributed by atoms with van der Waals surface area (Å²) in [5.41, 5.74) is 9.26. The summed E-state index contributed by atoms with van der Waals surface area (Å²) >= 11 is 0. The number of aromatic nitrogens is 3. The molecule has 250 valence electrons. The molecule has 11 rings (SSSR count). The summed E-state index contributed by atoms with van der Waals surface area (Å²) < 4.78 is 0. The van der Waals surface area contributed by atoms with Crippen LogP contribution in [0.3, 0.4) is 0 Å². The predicted molar refractivity (Wildman–Crippen MR) is 227 cm³/mol. The Hall–Kier alpha value is -7.23. The largest absolute Gasteiger partial charge is 0.247 e. The fourth-order valence-electron chi connectivity index (χ4n) is 8.15. The lowest BCUT2D eigenvalue weighted by Crippen LogP contribution is -1.95. The van der Waals surface area contributed by atoms with Crippen LogP contribution in [0.2, 0.25) is 0 Å². The summed E-state index contributed by atoms with van der Waals surface area (Å²) in [5.74, 6) is 0.721.